The van der Waals surface area contributed by atoms with E-state index in [1.54, 1.807) is 6.08 Å². The highest BCUT2D eigenvalue weighted by molar-refractivity contribution is 8.18. The number of hydrogen-bond acceptors (Lipinski definition) is 3. The van der Waals surface area contributed by atoms with Crippen LogP contribution in [0.4, 0.5) is 4.79 Å². The molecule has 1 aromatic carbocycles. The maximum atomic E-state index is 11.9. The summed E-state index contributed by atoms with van der Waals surface area (Å²) in [5.41, 5.74) is 2.04. The maximum absolute atomic E-state index is 11.9. The first-order valence-electron chi connectivity index (χ1n) is 5.37. The third-order valence-corrected chi connectivity index (χ3v) is 3.41. The Bertz CT molecular complexity index is 566. The third-order valence-electron chi connectivity index (χ3n) is 2.50. The second-order valence-corrected chi connectivity index (χ2v) is 4.88. The minimum absolute atomic E-state index is 0.0237. The summed E-state index contributed by atoms with van der Waals surface area (Å²) in [6, 6.07) is 7.73. The second-order valence-electron chi connectivity index (χ2n) is 3.88. The molecule has 0 N–H and O–H groups in total. The van der Waals surface area contributed by atoms with Gasteiger partial charge in [0.2, 0.25) is 0 Å². The Morgan fingerprint density at radius 2 is 2.00 bits per heavy atom. The van der Waals surface area contributed by atoms with Gasteiger partial charge in [0, 0.05) is 0 Å². The Hall–Kier alpha value is -1.99. The molecule has 2 rings (SSSR count). The molecule has 90 valence electrons. The molecule has 0 spiro atoms. The lowest BCUT2D eigenvalue weighted by Crippen LogP contribution is -2.28. The minimum atomic E-state index is -0.316. The van der Waals surface area contributed by atoms with E-state index in [-0.39, 0.29) is 17.7 Å². The molecule has 1 saturated heterocycles. The summed E-state index contributed by atoms with van der Waals surface area (Å²) in [5, 5.41) is -0.309. The minimum Gasteiger partial charge on any atom is -0.268 e. The fraction of sp³-hybridized carbons (Fsp3) is 0.143. The van der Waals surface area contributed by atoms with Gasteiger partial charge in [0.05, 0.1) is 11.4 Å². The highest BCUT2D eigenvalue weighted by Crippen LogP contribution is 2.31. The summed E-state index contributed by atoms with van der Waals surface area (Å²) < 4.78 is 0. The Morgan fingerprint density at radius 1 is 1.33 bits per heavy atom. The summed E-state index contributed by atoms with van der Waals surface area (Å²) in [6.07, 6.45) is 6.83. The lowest BCUT2D eigenvalue weighted by Gasteiger charge is -2.06. The average molecular weight is 257 g/mol. The van der Waals surface area contributed by atoms with Crippen molar-refractivity contribution in [3.8, 4) is 12.3 Å². The third kappa shape index (κ3) is 2.47. The summed E-state index contributed by atoms with van der Waals surface area (Å²) in [5.74, 6) is 1.99. The molecule has 2 amide bonds. The number of nitrogens with zero attached hydrogens (tertiary/aromatic N) is 1. The molecule has 0 saturated carbocycles. The highest BCUT2D eigenvalue weighted by atomic mass is 32.2. The monoisotopic (exact) mass is 257 g/mol. The van der Waals surface area contributed by atoms with Crippen molar-refractivity contribution in [3.63, 3.8) is 0 Å². The van der Waals surface area contributed by atoms with Gasteiger partial charge in [0.25, 0.3) is 11.1 Å². The Balaban J connectivity index is 2.25. The molecule has 0 radical (unpaired) electrons. The Morgan fingerprint density at radius 3 is 2.61 bits per heavy atom. The van der Waals surface area contributed by atoms with Crippen LogP contribution in [-0.4, -0.2) is 22.6 Å². The molecule has 3 nitrogen and oxygen atoms in total. The van der Waals surface area contributed by atoms with E-state index in [2.05, 4.69) is 5.92 Å². The fourth-order valence-electron chi connectivity index (χ4n) is 1.54. The van der Waals surface area contributed by atoms with Crippen LogP contribution >= 0.6 is 11.8 Å². The van der Waals surface area contributed by atoms with Crippen LogP contribution in [0.2, 0.25) is 0 Å². The molecule has 4 heteroatoms. The lowest BCUT2D eigenvalue weighted by atomic mass is 10.1. The van der Waals surface area contributed by atoms with Crippen molar-refractivity contribution in [2.75, 3.05) is 6.54 Å². The number of rotatable bonds is 2. The molecular weight excluding hydrogens is 246 g/mol. The molecule has 1 heterocycles. The van der Waals surface area contributed by atoms with Gasteiger partial charge < -0.3 is 0 Å². The van der Waals surface area contributed by atoms with E-state index in [4.69, 9.17) is 6.42 Å². The zero-order chi connectivity index (χ0) is 13.1. The molecule has 0 atom stereocenters. The maximum Gasteiger partial charge on any atom is 0.294 e. The van der Waals surface area contributed by atoms with Crippen molar-refractivity contribution in [3.05, 3.63) is 40.3 Å². The van der Waals surface area contributed by atoms with Gasteiger partial charge in [-0.3, -0.25) is 14.5 Å². The fourth-order valence-corrected chi connectivity index (χ4v) is 2.38. The Kier molecular flexibility index (Phi) is 3.54. The average Bonchev–Trinajstić information content (AvgIpc) is 2.60. The standard InChI is InChI=1S/C14H11NO2S/c1-3-8-15-13(16)12(18-14(15)17)9-11-6-4-10(2)5-7-11/h1,4-7,9H,8H2,2H3. The quantitative estimate of drug-likeness (QED) is 0.604. The number of aryl methyl sites for hydroxylation is 1. The van der Waals surface area contributed by atoms with Crippen molar-refractivity contribution in [2.45, 2.75) is 6.92 Å². The van der Waals surface area contributed by atoms with E-state index in [1.807, 2.05) is 31.2 Å². The van der Waals surface area contributed by atoms with Crippen LogP contribution in [0.15, 0.2) is 29.2 Å². The van der Waals surface area contributed by atoms with Gasteiger partial charge in [-0.1, -0.05) is 35.7 Å². The number of imide groups is 1. The van der Waals surface area contributed by atoms with Crippen molar-refractivity contribution >= 4 is 29.0 Å². The van der Waals surface area contributed by atoms with Crippen LogP contribution < -0.4 is 0 Å². The molecule has 1 aliphatic rings. The topological polar surface area (TPSA) is 37.4 Å². The smallest absolute Gasteiger partial charge is 0.268 e. The molecule has 0 bridgehead atoms. The van der Waals surface area contributed by atoms with Gasteiger partial charge in [-0.15, -0.1) is 6.42 Å². The first-order valence-corrected chi connectivity index (χ1v) is 6.19. The number of terminal acetylenes is 1. The molecule has 0 unspecified atom stereocenters. The number of benzene rings is 1. The predicted molar refractivity (Wildman–Crippen MR) is 72.7 cm³/mol. The van der Waals surface area contributed by atoms with Gasteiger partial charge in [0.1, 0.15) is 0 Å². The molecule has 0 aromatic heterocycles. The largest absolute Gasteiger partial charge is 0.294 e. The number of carbonyl (C=O) groups excluding carboxylic acids is 2. The van der Waals surface area contributed by atoms with Gasteiger partial charge in [-0.05, 0) is 30.3 Å². The van der Waals surface area contributed by atoms with E-state index in [0.717, 1.165) is 27.8 Å². The van der Waals surface area contributed by atoms with Gasteiger partial charge in [-0.25, -0.2) is 0 Å². The normalized spacial score (nSPS) is 17.3. The summed E-state index contributed by atoms with van der Waals surface area (Å²) in [4.78, 5) is 24.9. The lowest BCUT2D eigenvalue weighted by molar-refractivity contribution is -0.122. The molecule has 1 fully saturated rings. The molecule has 1 aliphatic heterocycles. The van der Waals surface area contributed by atoms with Crippen LogP contribution in [0.5, 0.6) is 0 Å². The van der Waals surface area contributed by atoms with Crippen LogP contribution in [0.25, 0.3) is 6.08 Å². The highest BCUT2D eigenvalue weighted by Gasteiger charge is 2.34. The number of hydrogen-bond donors (Lipinski definition) is 0. The van der Waals surface area contributed by atoms with Crippen LogP contribution in [0.3, 0.4) is 0 Å². The molecule has 1 aromatic rings. The second kappa shape index (κ2) is 5.11. The SMILES string of the molecule is C#CCN1C(=O)SC(=Cc2ccc(C)cc2)C1=O. The van der Waals surface area contributed by atoms with E-state index < -0.39 is 0 Å². The van der Waals surface area contributed by atoms with Crippen molar-refractivity contribution in [1.29, 1.82) is 0 Å². The van der Waals surface area contributed by atoms with Crippen LogP contribution in [0, 0.1) is 19.3 Å². The number of carbonyl (C=O) groups is 2. The van der Waals surface area contributed by atoms with Gasteiger partial charge in [-0.2, -0.15) is 0 Å². The van der Waals surface area contributed by atoms with Crippen molar-refractivity contribution in [2.24, 2.45) is 0 Å². The van der Waals surface area contributed by atoms with E-state index in [0.29, 0.717) is 4.91 Å². The zero-order valence-corrected chi connectivity index (χ0v) is 10.7. The van der Waals surface area contributed by atoms with E-state index >= 15 is 0 Å². The zero-order valence-electron chi connectivity index (χ0n) is 9.84. The summed E-state index contributed by atoms with van der Waals surface area (Å²) in [6.45, 7) is 2.01. The molecular formula is C14H11NO2S. The van der Waals surface area contributed by atoms with Crippen molar-refractivity contribution < 1.29 is 9.59 Å². The summed E-state index contributed by atoms with van der Waals surface area (Å²) >= 11 is 0.924. The first kappa shape index (κ1) is 12.5. The van der Waals surface area contributed by atoms with Gasteiger partial charge >= 0.3 is 0 Å². The molecule has 0 aliphatic carbocycles. The first-order chi connectivity index (χ1) is 8.61. The van der Waals surface area contributed by atoms with E-state index in [1.165, 1.54) is 0 Å². The van der Waals surface area contributed by atoms with E-state index in [9.17, 15) is 9.59 Å². The summed E-state index contributed by atoms with van der Waals surface area (Å²) in [7, 11) is 0. The number of amides is 2. The predicted octanol–water partition coefficient (Wildman–Crippen LogP) is 2.66. The Labute approximate surface area is 110 Å². The number of thioether (sulfide) groups is 1. The van der Waals surface area contributed by atoms with Crippen LogP contribution in [-0.2, 0) is 4.79 Å². The van der Waals surface area contributed by atoms with Crippen LogP contribution in [0.1, 0.15) is 11.1 Å². The van der Waals surface area contributed by atoms with Gasteiger partial charge in [0.15, 0.2) is 0 Å². The molecule has 18 heavy (non-hydrogen) atoms. The van der Waals surface area contributed by atoms with Crippen molar-refractivity contribution in [1.82, 2.24) is 4.90 Å².